The minimum absolute atomic E-state index is 0.615. The maximum Gasteiger partial charge on any atom is 0.0933 e. The molecule has 17 heavy (non-hydrogen) atoms. The summed E-state index contributed by atoms with van der Waals surface area (Å²) in [5.74, 6) is 2.55. The number of rotatable bonds is 2. The normalized spacial score (nSPS) is 17.2. The number of thioether (sulfide) groups is 1. The van der Waals surface area contributed by atoms with Gasteiger partial charge in [0.15, 0.2) is 0 Å². The molecule has 2 nitrogen and oxygen atoms in total. The fraction of sp³-hybridized carbons (Fsp3) is 0.357. The summed E-state index contributed by atoms with van der Waals surface area (Å²) in [7, 11) is 0. The number of pyridine rings is 1. The molecular weight excluding hydrogens is 228 g/mol. The first-order valence-corrected chi connectivity index (χ1v) is 7.27. The summed E-state index contributed by atoms with van der Waals surface area (Å²) in [6.45, 7) is 0. The van der Waals surface area contributed by atoms with Crippen LogP contribution in [0.4, 0.5) is 5.69 Å². The van der Waals surface area contributed by atoms with Gasteiger partial charge in [-0.25, -0.2) is 0 Å². The van der Waals surface area contributed by atoms with E-state index < -0.39 is 0 Å². The fourth-order valence-corrected chi connectivity index (χ4v) is 3.39. The molecule has 1 N–H and O–H groups in total. The predicted molar refractivity (Wildman–Crippen MR) is 75.7 cm³/mol. The van der Waals surface area contributed by atoms with E-state index in [0.717, 1.165) is 5.52 Å². The summed E-state index contributed by atoms with van der Waals surface area (Å²) in [6.07, 6.45) is 4.38. The van der Waals surface area contributed by atoms with Gasteiger partial charge in [0.2, 0.25) is 0 Å². The van der Waals surface area contributed by atoms with Crippen LogP contribution in [-0.4, -0.2) is 22.5 Å². The number of anilines is 1. The standard InChI is InChI=1S/C14H16N2S/c1-3-11-4-2-8-15-14(11)13(5-1)16-12-6-9-17-10-7-12/h1-5,8,12,16H,6-7,9-10H2. The highest BCUT2D eigenvalue weighted by Crippen LogP contribution is 2.25. The number of hydrogen-bond acceptors (Lipinski definition) is 3. The van der Waals surface area contributed by atoms with Crippen LogP contribution in [0.2, 0.25) is 0 Å². The number of benzene rings is 1. The molecule has 0 bridgehead atoms. The molecule has 0 spiro atoms. The first-order chi connectivity index (χ1) is 8.43. The van der Waals surface area contributed by atoms with Crippen molar-refractivity contribution in [3.8, 4) is 0 Å². The number of hydrogen-bond donors (Lipinski definition) is 1. The zero-order valence-corrected chi connectivity index (χ0v) is 10.5. The van der Waals surface area contributed by atoms with Gasteiger partial charge in [0.05, 0.1) is 11.2 Å². The lowest BCUT2D eigenvalue weighted by molar-refractivity contribution is 0.667. The van der Waals surface area contributed by atoms with Gasteiger partial charge in [0, 0.05) is 17.6 Å². The lowest BCUT2D eigenvalue weighted by Gasteiger charge is -2.24. The van der Waals surface area contributed by atoms with Gasteiger partial charge in [-0.05, 0) is 36.5 Å². The summed E-state index contributed by atoms with van der Waals surface area (Å²) < 4.78 is 0. The number of nitrogens with zero attached hydrogens (tertiary/aromatic N) is 1. The summed E-state index contributed by atoms with van der Waals surface area (Å²) in [5.41, 5.74) is 2.27. The number of nitrogens with one attached hydrogen (secondary N) is 1. The average molecular weight is 244 g/mol. The predicted octanol–water partition coefficient (Wildman–Crippen LogP) is 3.54. The smallest absolute Gasteiger partial charge is 0.0933 e. The zero-order valence-electron chi connectivity index (χ0n) is 9.73. The molecule has 1 aliphatic heterocycles. The molecule has 0 radical (unpaired) electrons. The summed E-state index contributed by atoms with van der Waals surface area (Å²) in [6, 6.07) is 11.1. The Bertz CT molecular complexity index is 501. The zero-order chi connectivity index (χ0) is 11.5. The van der Waals surface area contributed by atoms with E-state index in [2.05, 4.69) is 46.3 Å². The topological polar surface area (TPSA) is 24.9 Å². The number of fused-ring (bicyclic) bond motifs is 1. The molecule has 3 rings (SSSR count). The lowest BCUT2D eigenvalue weighted by atomic mass is 10.1. The first-order valence-electron chi connectivity index (χ1n) is 6.11. The maximum atomic E-state index is 4.48. The molecule has 3 heteroatoms. The third kappa shape index (κ3) is 2.39. The van der Waals surface area contributed by atoms with Gasteiger partial charge in [-0.2, -0.15) is 11.8 Å². The quantitative estimate of drug-likeness (QED) is 0.874. The van der Waals surface area contributed by atoms with Gasteiger partial charge in [-0.3, -0.25) is 4.98 Å². The van der Waals surface area contributed by atoms with Gasteiger partial charge < -0.3 is 5.32 Å². The molecular formula is C14H16N2S. The van der Waals surface area contributed by atoms with Crippen LogP contribution in [0.1, 0.15) is 12.8 Å². The molecule has 1 saturated heterocycles. The molecule has 0 amide bonds. The average Bonchev–Trinajstić information content (AvgIpc) is 2.40. The van der Waals surface area contributed by atoms with Crippen LogP contribution in [0.5, 0.6) is 0 Å². The Morgan fingerprint density at radius 1 is 1.12 bits per heavy atom. The van der Waals surface area contributed by atoms with Crippen LogP contribution in [0, 0.1) is 0 Å². The Labute approximate surface area is 106 Å². The van der Waals surface area contributed by atoms with Crippen LogP contribution < -0.4 is 5.32 Å². The highest BCUT2D eigenvalue weighted by atomic mass is 32.2. The lowest BCUT2D eigenvalue weighted by Crippen LogP contribution is -2.24. The SMILES string of the molecule is c1cnc2c(NC3CCSCC3)cccc2c1. The van der Waals surface area contributed by atoms with Crippen LogP contribution in [0.25, 0.3) is 10.9 Å². The van der Waals surface area contributed by atoms with Crippen LogP contribution in [0.15, 0.2) is 36.5 Å². The largest absolute Gasteiger partial charge is 0.380 e. The highest BCUT2D eigenvalue weighted by molar-refractivity contribution is 7.99. The van der Waals surface area contributed by atoms with Gasteiger partial charge in [0.1, 0.15) is 0 Å². The van der Waals surface area contributed by atoms with Crippen LogP contribution in [0.3, 0.4) is 0 Å². The van der Waals surface area contributed by atoms with Gasteiger partial charge in [-0.15, -0.1) is 0 Å². The molecule has 1 aromatic heterocycles. The second-order valence-electron chi connectivity index (χ2n) is 4.41. The Hall–Kier alpha value is -1.22. The van der Waals surface area contributed by atoms with E-state index >= 15 is 0 Å². The molecule has 88 valence electrons. The van der Waals surface area contributed by atoms with Crippen molar-refractivity contribution in [2.24, 2.45) is 0 Å². The van der Waals surface area contributed by atoms with Crippen molar-refractivity contribution in [1.82, 2.24) is 4.98 Å². The number of para-hydroxylation sites is 1. The second-order valence-corrected chi connectivity index (χ2v) is 5.64. The van der Waals surface area contributed by atoms with E-state index in [1.807, 2.05) is 12.3 Å². The van der Waals surface area contributed by atoms with Gasteiger partial charge in [0.25, 0.3) is 0 Å². The minimum atomic E-state index is 0.615. The summed E-state index contributed by atoms with van der Waals surface area (Å²) >= 11 is 2.06. The van der Waals surface area contributed by atoms with Gasteiger partial charge >= 0.3 is 0 Å². The summed E-state index contributed by atoms with van der Waals surface area (Å²) in [4.78, 5) is 4.48. The Kier molecular flexibility index (Phi) is 3.18. The molecule has 0 atom stereocenters. The van der Waals surface area contributed by atoms with E-state index in [0.29, 0.717) is 6.04 Å². The molecule has 1 fully saturated rings. The summed E-state index contributed by atoms with van der Waals surface area (Å²) in [5, 5.41) is 4.86. The number of aromatic nitrogens is 1. The van der Waals surface area contributed by atoms with Gasteiger partial charge in [-0.1, -0.05) is 18.2 Å². The van der Waals surface area contributed by atoms with Crippen LogP contribution >= 0.6 is 11.8 Å². The first kappa shape index (κ1) is 10.9. The van der Waals surface area contributed by atoms with Crippen molar-refractivity contribution >= 4 is 28.4 Å². The van der Waals surface area contributed by atoms with E-state index in [-0.39, 0.29) is 0 Å². The monoisotopic (exact) mass is 244 g/mol. The fourth-order valence-electron chi connectivity index (χ4n) is 2.28. The van der Waals surface area contributed by atoms with Crippen molar-refractivity contribution in [1.29, 1.82) is 0 Å². The Balaban J connectivity index is 1.89. The molecule has 1 aromatic carbocycles. The Morgan fingerprint density at radius 3 is 2.82 bits per heavy atom. The second kappa shape index (κ2) is 4.96. The molecule has 0 unspecified atom stereocenters. The van der Waals surface area contributed by atoms with Crippen molar-refractivity contribution in [2.45, 2.75) is 18.9 Å². The highest BCUT2D eigenvalue weighted by Gasteiger charge is 2.14. The third-order valence-electron chi connectivity index (χ3n) is 3.21. The van der Waals surface area contributed by atoms with E-state index in [4.69, 9.17) is 0 Å². The maximum absolute atomic E-state index is 4.48. The van der Waals surface area contributed by atoms with E-state index in [1.165, 1.54) is 35.4 Å². The van der Waals surface area contributed by atoms with Crippen molar-refractivity contribution in [2.75, 3.05) is 16.8 Å². The van der Waals surface area contributed by atoms with Crippen molar-refractivity contribution in [3.63, 3.8) is 0 Å². The van der Waals surface area contributed by atoms with Crippen molar-refractivity contribution in [3.05, 3.63) is 36.5 Å². The molecule has 0 aliphatic carbocycles. The molecule has 2 heterocycles. The van der Waals surface area contributed by atoms with E-state index in [1.54, 1.807) is 0 Å². The molecule has 2 aromatic rings. The third-order valence-corrected chi connectivity index (χ3v) is 4.26. The van der Waals surface area contributed by atoms with Crippen LogP contribution in [-0.2, 0) is 0 Å². The minimum Gasteiger partial charge on any atom is -0.380 e. The van der Waals surface area contributed by atoms with E-state index in [9.17, 15) is 0 Å². The Morgan fingerprint density at radius 2 is 1.94 bits per heavy atom. The van der Waals surface area contributed by atoms with Crippen molar-refractivity contribution < 1.29 is 0 Å². The molecule has 1 aliphatic rings. The molecule has 0 saturated carbocycles.